The van der Waals surface area contributed by atoms with Crippen molar-refractivity contribution in [2.45, 2.75) is 18.6 Å². The number of amides is 1. The summed E-state index contributed by atoms with van der Waals surface area (Å²) in [6.45, 7) is 5.76. The van der Waals surface area contributed by atoms with E-state index in [1.54, 1.807) is 12.1 Å². The molecule has 1 fully saturated rings. The second-order valence-electron chi connectivity index (χ2n) is 5.22. The van der Waals surface area contributed by atoms with Crippen LogP contribution in [-0.4, -0.2) is 46.6 Å². The number of aromatic hydroxyl groups is 1. The summed E-state index contributed by atoms with van der Waals surface area (Å²) < 4.78 is 5.07. The van der Waals surface area contributed by atoms with Gasteiger partial charge in [0.2, 0.25) is 0 Å². The third-order valence-corrected chi connectivity index (χ3v) is 4.44. The molecular formula is C14H19NO3S. The molecule has 1 saturated heterocycles. The van der Waals surface area contributed by atoms with Gasteiger partial charge in [-0.05, 0) is 32.0 Å². The van der Waals surface area contributed by atoms with Crippen LogP contribution >= 0.6 is 11.8 Å². The van der Waals surface area contributed by atoms with Crippen molar-refractivity contribution in [2.24, 2.45) is 0 Å². The third-order valence-electron chi connectivity index (χ3n) is 3.14. The Hall–Kier alpha value is -1.36. The lowest BCUT2D eigenvalue weighted by Crippen LogP contribution is -2.46. The SMILES string of the molecule is COc1ccc(C(=O)N2CCSC(C)(C)C2)cc1O. The second kappa shape index (κ2) is 5.33. The molecule has 1 aromatic carbocycles. The topological polar surface area (TPSA) is 49.8 Å². The zero-order valence-corrected chi connectivity index (χ0v) is 12.3. The van der Waals surface area contributed by atoms with Crippen molar-refractivity contribution in [3.8, 4) is 11.5 Å². The molecule has 0 saturated carbocycles. The fraction of sp³-hybridized carbons (Fsp3) is 0.500. The summed E-state index contributed by atoms with van der Waals surface area (Å²) in [6.07, 6.45) is 0. The number of hydrogen-bond donors (Lipinski definition) is 1. The van der Waals surface area contributed by atoms with E-state index in [9.17, 15) is 9.90 Å². The van der Waals surface area contributed by atoms with Crippen LogP contribution in [-0.2, 0) is 0 Å². The predicted molar refractivity (Wildman–Crippen MR) is 77.1 cm³/mol. The first-order valence-electron chi connectivity index (χ1n) is 6.23. The first-order chi connectivity index (χ1) is 8.93. The normalized spacial score (nSPS) is 18.2. The molecule has 2 rings (SSSR count). The Morgan fingerprint density at radius 3 is 2.79 bits per heavy atom. The molecule has 1 heterocycles. The summed E-state index contributed by atoms with van der Waals surface area (Å²) >= 11 is 1.88. The number of carbonyl (C=O) groups excluding carboxylic acids is 1. The standard InChI is InChI=1S/C14H19NO3S/c1-14(2)9-15(6-7-19-14)13(17)10-4-5-12(18-3)11(16)8-10/h4-5,8,16H,6-7,9H2,1-3H3. The molecule has 4 nitrogen and oxygen atoms in total. The van der Waals surface area contributed by atoms with Crippen molar-refractivity contribution in [3.63, 3.8) is 0 Å². The highest BCUT2D eigenvalue weighted by Crippen LogP contribution is 2.31. The number of thioether (sulfide) groups is 1. The van der Waals surface area contributed by atoms with Crippen LogP contribution in [0.2, 0.25) is 0 Å². The predicted octanol–water partition coefficient (Wildman–Crippen LogP) is 2.37. The van der Waals surface area contributed by atoms with E-state index in [1.807, 2.05) is 16.7 Å². The number of hydrogen-bond acceptors (Lipinski definition) is 4. The first kappa shape index (κ1) is 14.1. The maximum absolute atomic E-state index is 12.4. The summed E-state index contributed by atoms with van der Waals surface area (Å²) in [6, 6.07) is 4.78. The molecule has 1 N–H and O–H groups in total. The van der Waals surface area contributed by atoms with Crippen molar-refractivity contribution in [1.29, 1.82) is 0 Å². The molecule has 0 atom stereocenters. The number of nitrogens with zero attached hydrogens (tertiary/aromatic N) is 1. The highest BCUT2D eigenvalue weighted by molar-refractivity contribution is 8.00. The minimum atomic E-state index is -0.0358. The van der Waals surface area contributed by atoms with Gasteiger partial charge in [-0.15, -0.1) is 0 Å². The molecule has 1 aliphatic heterocycles. The number of rotatable bonds is 2. The van der Waals surface area contributed by atoms with E-state index in [4.69, 9.17) is 4.74 Å². The summed E-state index contributed by atoms with van der Waals surface area (Å²) in [5.74, 6) is 1.29. The van der Waals surface area contributed by atoms with Gasteiger partial charge in [0, 0.05) is 29.2 Å². The lowest BCUT2D eigenvalue weighted by Gasteiger charge is -2.37. The van der Waals surface area contributed by atoms with Crippen LogP contribution < -0.4 is 4.74 Å². The van der Waals surface area contributed by atoms with Gasteiger partial charge in [-0.25, -0.2) is 0 Å². The number of ether oxygens (including phenoxy) is 1. The summed E-state index contributed by atoms with van der Waals surface area (Å²) in [5, 5.41) is 9.74. The van der Waals surface area contributed by atoms with E-state index in [1.165, 1.54) is 13.2 Å². The molecule has 19 heavy (non-hydrogen) atoms. The smallest absolute Gasteiger partial charge is 0.254 e. The van der Waals surface area contributed by atoms with Gasteiger partial charge in [-0.3, -0.25) is 4.79 Å². The number of phenols is 1. The maximum atomic E-state index is 12.4. The number of benzene rings is 1. The van der Waals surface area contributed by atoms with E-state index in [0.717, 1.165) is 18.8 Å². The van der Waals surface area contributed by atoms with E-state index >= 15 is 0 Å². The first-order valence-corrected chi connectivity index (χ1v) is 7.22. The van der Waals surface area contributed by atoms with E-state index in [2.05, 4.69) is 13.8 Å². The van der Waals surface area contributed by atoms with Crippen molar-refractivity contribution in [1.82, 2.24) is 4.90 Å². The van der Waals surface area contributed by atoms with Gasteiger partial charge < -0.3 is 14.7 Å². The Morgan fingerprint density at radius 2 is 2.21 bits per heavy atom. The molecule has 0 bridgehead atoms. The molecule has 104 valence electrons. The van der Waals surface area contributed by atoms with Crippen LogP contribution in [0.15, 0.2) is 18.2 Å². The summed E-state index contributed by atoms with van der Waals surface area (Å²) in [7, 11) is 1.49. The molecular weight excluding hydrogens is 262 g/mol. The Morgan fingerprint density at radius 1 is 1.47 bits per heavy atom. The third kappa shape index (κ3) is 3.15. The molecule has 0 aromatic heterocycles. The molecule has 1 amide bonds. The van der Waals surface area contributed by atoms with E-state index < -0.39 is 0 Å². The molecule has 0 spiro atoms. The highest BCUT2D eigenvalue weighted by Gasteiger charge is 2.30. The average molecular weight is 281 g/mol. The second-order valence-corrected chi connectivity index (χ2v) is 7.02. The monoisotopic (exact) mass is 281 g/mol. The molecule has 0 radical (unpaired) electrons. The summed E-state index contributed by atoms with van der Waals surface area (Å²) in [4.78, 5) is 14.2. The zero-order valence-electron chi connectivity index (χ0n) is 11.5. The Kier molecular flexibility index (Phi) is 3.94. The Bertz CT molecular complexity index is 488. The van der Waals surface area contributed by atoms with Crippen molar-refractivity contribution in [3.05, 3.63) is 23.8 Å². The largest absolute Gasteiger partial charge is 0.504 e. The quantitative estimate of drug-likeness (QED) is 0.904. The molecule has 0 aliphatic carbocycles. The number of methoxy groups -OCH3 is 1. The van der Waals surface area contributed by atoms with Gasteiger partial charge >= 0.3 is 0 Å². The molecule has 1 aliphatic rings. The zero-order chi connectivity index (χ0) is 14.0. The van der Waals surface area contributed by atoms with Crippen LogP contribution in [0.5, 0.6) is 11.5 Å². The van der Waals surface area contributed by atoms with Gasteiger partial charge in [0.25, 0.3) is 5.91 Å². The maximum Gasteiger partial charge on any atom is 0.254 e. The van der Waals surface area contributed by atoms with Crippen molar-refractivity contribution >= 4 is 17.7 Å². The lowest BCUT2D eigenvalue weighted by molar-refractivity contribution is 0.0747. The van der Waals surface area contributed by atoms with Gasteiger partial charge in [-0.2, -0.15) is 11.8 Å². The van der Waals surface area contributed by atoms with Crippen LogP contribution in [0.1, 0.15) is 24.2 Å². The van der Waals surface area contributed by atoms with E-state index in [-0.39, 0.29) is 16.4 Å². The van der Waals surface area contributed by atoms with Gasteiger partial charge in [0.15, 0.2) is 11.5 Å². The van der Waals surface area contributed by atoms with E-state index in [0.29, 0.717) is 11.3 Å². The highest BCUT2D eigenvalue weighted by atomic mass is 32.2. The minimum absolute atomic E-state index is 0.000931. The molecule has 1 aromatic rings. The molecule has 5 heteroatoms. The van der Waals surface area contributed by atoms with Crippen LogP contribution in [0.4, 0.5) is 0 Å². The fourth-order valence-corrected chi connectivity index (χ4v) is 3.31. The Labute approximate surface area is 117 Å². The average Bonchev–Trinajstić information content (AvgIpc) is 2.36. The van der Waals surface area contributed by atoms with Crippen LogP contribution in [0.3, 0.4) is 0 Å². The van der Waals surface area contributed by atoms with Gasteiger partial charge in [-0.1, -0.05) is 0 Å². The lowest BCUT2D eigenvalue weighted by atomic mass is 10.1. The number of phenolic OH excluding ortho intramolecular Hbond substituents is 1. The summed E-state index contributed by atoms with van der Waals surface area (Å²) in [5.41, 5.74) is 0.501. The minimum Gasteiger partial charge on any atom is -0.504 e. The van der Waals surface area contributed by atoms with Crippen LogP contribution in [0.25, 0.3) is 0 Å². The van der Waals surface area contributed by atoms with Crippen molar-refractivity contribution < 1.29 is 14.6 Å². The van der Waals surface area contributed by atoms with Gasteiger partial charge in [0.1, 0.15) is 0 Å². The Balaban J connectivity index is 2.17. The molecule has 0 unspecified atom stereocenters. The van der Waals surface area contributed by atoms with Gasteiger partial charge in [0.05, 0.1) is 7.11 Å². The van der Waals surface area contributed by atoms with Crippen molar-refractivity contribution in [2.75, 3.05) is 26.0 Å². The fourth-order valence-electron chi connectivity index (χ4n) is 2.20. The van der Waals surface area contributed by atoms with Crippen LogP contribution in [0, 0.1) is 0 Å². The number of carbonyl (C=O) groups is 1.